The van der Waals surface area contributed by atoms with Crippen molar-refractivity contribution in [3.05, 3.63) is 0 Å². The molecule has 1 radical (unpaired) electrons. The lowest BCUT2D eigenvalue weighted by Gasteiger charge is -2.13. The Morgan fingerprint density at radius 1 is 1.38 bits per heavy atom. The SMILES string of the molecule is C[Si](C)(O)O[Si](O)O. The van der Waals surface area contributed by atoms with E-state index in [0.29, 0.717) is 0 Å². The summed E-state index contributed by atoms with van der Waals surface area (Å²) in [7, 11) is -5.36. The highest BCUT2D eigenvalue weighted by molar-refractivity contribution is 6.68. The van der Waals surface area contributed by atoms with Crippen LogP contribution in [-0.2, 0) is 4.12 Å². The molecule has 8 heavy (non-hydrogen) atoms. The van der Waals surface area contributed by atoms with Gasteiger partial charge in [0.15, 0.2) is 0 Å². The lowest BCUT2D eigenvalue weighted by molar-refractivity contribution is 0.252. The van der Waals surface area contributed by atoms with Gasteiger partial charge >= 0.3 is 18.1 Å². The van der Waals surface area contributed by atoms with E-state index in [1.807, 2.05) is 0 Å². The van der Waals surface area contributed by atoms with Gasteiger partial charge in [-0.05, 0) is 13.1 Å². The van der Waals surface area contributed by atoms with Gasteiger partial charge < -0.3 is 18.5 Å². The van der Waals surface area contributed by atoms with Crippen molar-refractivity contribution in [2.24, 2.45) is 0 Å². The Labute approximate surface area is 50.6 Å². The fourth-order valence-corrected chi connectivity index (χ4v) is 2.01. The van der Waals surface area contributed by atoms with Crippen molar-refractivity contribution in [3.8, 4) is 0 Å². The number of hydrogen-bond donors (Lipinski definition) is 3. The van der Waals surface area contributed by atoms with Gasteiger partial charge in [-0.25, -0.2) is 0 Å². The monoisotopic (exact) mass is 153 g/mol. The lowest BCUT2D eigenvalue weighted by Crippen LogP contribution is -2.37. The van der Waals surface area contributed by atoms with Crippen molar-refractivity contribution in [2.45, 2.75) is 13.1 Å². The van der Waals surface area contributed by atoms with E-state index in [0.717, 1.165) is 0 Å². The average molecular weight is 153 g/mol. The molecule has 49 valence electrons. The summed E-state index contributed by atoms with van der Waals surface area (Å²) in [6.45, 7) is 2.92. The summed E-state index contributed by atoms with van der Waals surface area (Å²) in [6.07, 6.45) is 0. The quantitative estimate of drug-likeness (QED) is 0.430. The zero-order valence-corrected chi connectivity index (χ0v) is 6.75. The van der Waals surface area contributed by atoms with E-state index >= 15 is 0 Å². The average Bonchev–Trinajstić information content (AvgIpc) is 1.21. The third kappa shape index (κ3) is 6.27. The first kappa shape index (κ1) is 8.27. The first-order valence-corrected chi connectivity index (χ1v) is 6.24. The molecule has 0 amide bonds. The Morgan fingerprint density at radius 2 is 1.75 bits per heavy atom. The van der Waals surface area contributed by atoms with Gasteiger partial charge in [-0.1, -0.05) is 0 Å². The Kier molecular flexibility index (Phi) is 2.81. The maximum atomic E-state index is 8.81. The second-order valence-corrected chi connectivity index (χ2v) is 6.11. The normalized spacial score (nSPS) is 12.8. The third-order valence-corrected chi connectivity index (χ3v) is 3.07. The van der Waals surface area contributed by atoms with E-state index in [-0.39, 0.29) is 0 Å². The highest BCUT2D eigenvalue weighted by Gasteiger charge is 2.24. The number of rotatable bonds is 2. The summed E-state index contributed by atoms with van der Waals surface area (Å²) in [5.74, 6) is 0. The third-order valence-electron chi connectivity index (χ3n) is 0.341. The molecule has 0 spiro atoms. The van der Waals surface area contributed by atoms with Gasteiger partial charge in [0.25, 0.3) is 0 Å². The van der Waals surface area contributed by atoms with Crippen molar-refractivity contribution in [3.63, 3.8) is 0 Å². The van der Waals surface area contributed by atoms with E-state index in [1.54, 1.807) is 0 Å². The second kappa shape index (κ2) is 2.71. The van der Waals surface area contributed by atoms with Crippen molar-refractivity contribution < 1.29 is 18.5 Å². The molecule has 0 unspecified atom stereocenters. The van der Waals surface area contributed by atoms with Crippen molar-refractivity contribution in [1.29, 1.82) is 0 Å². The zero-order chi connectivity index (χ0) is 6.78. The molecule has 0 rings (SSSR count). The molecular weight excluding hydrogens is 144 g/mol. The van der Waals surface area contributed by atoms with Crippen LogP contribution < -0.4 is 0 Å². The number of hydrogen-bond acceptors (Lipinski definition) is 4. The first-order valence-electron chi connectivity index (χ1n) is 2.08. The van der Waals surface area contributed by atoms with Gasteiger partial charge in [-0.2, -0.15) is 0 Å². The molecule has 0 atom stereocenters. The van der Waals surface area contributed by atoms with Crippen molar-refractivity contribution in [1.82, 2.24) is 0 Å². The molecule has 0 heterocycles. The highest BCUT2D eigenvalue weighted by Crippen LogP contribution is 1.96. The van der Waals surface area contributed by atoms with Gasteiger partial charge in [0.05, 0.1) is 0 Å². The molecule has 6 heteroatoms. The standard InChI is InChI=1S/C2H9O4Si2/c1-8(2,5)6-7(3)4/h3-5H,1-2H3. The topological polar surface area (TPSA) is 69.9 Å². The Morgan fingerprint density at radius 3 is 1.75 bits per heavy atom. The highest BCUT2D eigenvalue weighted by atomic mass is 28.4. The summed E-state index contributed by atoms with van der Waals surface area (Å²) < 4.78 is 4.34. The molecule has 0 aromatic heterocycles. The van der Waals surface area contributed by atoms with E-state index in [1.165, 1.54) is 13.1 Å². The van der Waals surface area contributed by atoms with Crippen LogP contribution in [0.2, 0.25) is 13.1 Å². The van der Waals surface area contributed by atoms with Gasteiger partial charge in [-0.15, -0.1) is 0 Å². The molecule has 0 fully saturated rings. The second-order valence-electron chi connectivity index (χ2n) is 1.83. The van der Waals surface area contributed by atoms with Crippen LogP contribution >= 0.6 is 0 Å². The van der Waals surface area contributed by atoms with E-state index < -0.39 is 18.1 Å². The van der Waals surface area contributed by atoms with Crippen molar-refractivity contribution >= 4 is 18.1 Å². The molecule has 3 N–H and O–H groups in total. The molecule has 0 saturated heterocycles. The molecule has 0 aliphatic carbocycles. The zero-order valence-electron chi connectivity index (χ0n) is 4.75. The summed E-state index contributed by atoms with van der Waals surface area (Å²) in [6, 6.07) is 0. The molecule has 0 aromatic carbocycles. The first-order chi connectivity index (χ1) is 3.42. The van der Waals surface area contributed by atoms with E-state index in [4.69, 9.17) is 14.4 Å². The van der Waals surface area contributed by atoms with Gasteiger partial charge in [-0.3, -0.25) is 0 Å². The molecule has 0 aliphatic heterocycles. The van der Waals surface area contributed by atoms with Gasteiger partial charge in [0.2, 0.25) is 0 Å². The predicted molar refractivity (Wildman–Crippen MR) is 31.0 cm³/mol. The Hall–Kier alpha value is 0.274. The Bertz CT molecular complexity index is 66.9. The predicted octanol–water partition coefficient (Wildman–Crippen LogP) is -1.33. The molecular formula is C2H9O4Si2. The fraction of sp³-hybridized carbons (Fsp3) is 1.00. The Balaban J connectivity index is 3.39. The molecule has 0 aromatic rings. The maximum Gasteiger partial charge on any atom is 0.562 e. The lowest BCUT2D eigenvalue weighted by atomic mass is 11.9. The maximum absolute atomic E-state index is 8.81. The summed E-state index contributed by atoms with van der Waals surface area (Å²) in [5, 5.41) is 0. The minimum Gasteiger partial charge on any atom is -0.411 e. The van der Waals surface area contributed by atoms with Gasteiger partial charge in [0, 0.05) is 0 Å². The van der Waals surface area contributed by atoms with Crippen LogP contribution in [0, 0.1) is 0 Å². The summed E-state index contributed by atoms with van der Waals surface area (Å²) in [5.41, 5.74) is 0. The fourth-order valence-electron chi connectivity index (χ4n) is 0.223. The van der Waals surface area contributed by atoms with Crippen LogP contribution in [0.25, 0.3) is 0 Å². The van der Waals surface area contributed by atoms with Crippen LogP contribution in [0.3, 0.4) is 0 Å². The molecule has 0 saturated carbocycles. The molecule has 4 nitrogen and oxygen atoms in total. The summed E-state index contributed by atoms with van der Waals surface area (Å²) >= 11 is 0. The van der Waals surface area contributed by atoms with Crippen LogP contribution in [0.15, 0.2) is 0 Å². The smallest absolute Gasteiger partial charge is 0.411 e. The minimum atomic E-state index is -2.68. The largest absolute Gasteiger partial charge is 0.562 e. The van der Waals surface area contributed by atoms with Gasteiger partial charge in [0.1, 0.15) is 0 Å². The van der Waals surface area contributed by atoms with E-state index in [9.17, 15) is 0 Å². The summed E-state index contributed by atoms with van der Waals surface area (Å²) in [4.78, 5) is 25.2. The molecule has 0 bridgehead atoms. The van der Waals surface area contributed by atoms with Crippen LogP contribution in [0.5, 0.6) is 0 Å². The van der Waals surface area contributed by atoms with Crippen LogP contribution in [0.4, 0.5) is 0 Å². The van der Waals surface area contributed by atoms with Crippen LogP contribution in [0.1, 0.15) is 0 Å². The minimum absolute atomic E-state index is 1.46. The van der Waals surface area contributed by atoms with E-state index in [2.05, 4.69) is 4.12 Å². The molecule has 0 aliphatic rings. The van der Waals surface area contributed by atoms with Crippen LogP contribution in [-0.4, -0.2) is 32.5 Å². The van der Waals surface area contributed by atoms with Crippen molar-refractivity contribution in [2.75, 3.05) is 0 Å².